The molecule has 0 bridgehead atoms. The molecule has 0 rings (SSSR count). The Morgan fingerprint density at radius 3 is 1.87 bits per heavy atom. The molecule has 2 heteroatoms. The Morgan fingerprint density at radius 1 is 1.07 bits per heavy atom. The van der Waals surface area contributed by atoms with E-state index in [0.29, 0.717) is 0 Å². The molecule has 15 heavy (non-hydrogen) atoms. The van der Waals surface area contributed by atoms with Gasteiger partial charge in [0, 0.05) is 13.1 Å². The molecule has 0 unspecified atom stereocenters. The molecule has 0 aromatic heterocycles. The molecule has 0 aromatic carbocycles. The normalized spacial score (nSPS) is 10.0. The smallest absolute Gasteiger partial charge is 0.245 e. The van der Waals surface area contributed by atoms with Gasteiger partial charge in [-0.3, -0.25) is 4.79 Å². The first-order chi connectivity index (χ1) is 7.26. The fourth-order valence-electron chi connectivity index (χ4n) is 1.57. The Kier molecular flexibility index (Phi) is 9.24. The molecule has 0 aliphatic heterocycles. The Hall–Kier alpha value is -0.790. The maximum atomic E-state index is 11.5. The van der Waals surface area contributed by atoms with Crippen molar-refractivity contribution in [3.8, 4) is 0 Å². The number of nitrogens with zero attached hydrogens (tertiary/aromatic N) is 1. The average molecular weight is 211 g/mol. The summed E-state index contributed by atoms with van der Waals surface area (Å²) >= 11 is 0. The molecule has 0 saturated carbocycles. The molecule has 0 fully saturated rings. The van der Waals surface area contributed by atoms with E-state index in [1.165, 1.54) is 31.8 Å². The molecule has 0 saturated heterocycles. The number of rotatable bonds is 9. The second-order valence-electron chi connectivity index (χ2n) is 3.94. The van der Waals surface area contributed by atoms with Crippen molar-refractivity contribution in [3.05, 3.63) is 12.7 Å². The van der Waals surface area contributed by atoms with Crippen molar-refractivity contribution in [3.63, 3.8) is 0 Å². The van der Waals surface area contributed by atoms with Crippen LogP contribution in [0.3, 0.4) is 0 Å². The highest BCUT2D eigenvalue weighted by atomic mass is 16.2. The standard InChI is InChI=1S/C13H25NO/c1-4-7-9-11-14(13(15)6-3)12-10-8-5-2/h6H,3-5,7-12H2,1-2H3. The van der Waals surface area contributed by atoms with Gasteiger partial charge in [-0.2, -0.15) is 0 Å². The molecule has 2 nitrogen and oxygen atoms in total. The van der Waals surface area contributed by atoms with Crippen LogP contribution in [0.25, 0.3) is 0 Å². The lowest BCUT2D eigenvalue weighted by Crippen LogP contribution is -2.31. The summed E-state index contributed by atoms with van der Waals surface area (Å²) in [7, 11) is 0. The van der Waals surface area contributed by atoms with Gasteiger partial charge in [0.1, 0.15) is 0 Å². The Bertz CT molecular complexity index is 167. The van der Waals surface area contributed by atoms with E-state index in [4.69, 9.17) is 0 Å². The van der Waals surface area contributed by atoms with E-state index in [0.717, 1.165) is 25.9 Å². The van der Waals surface area contributed by atoms with Crippen LogP contribution in [0.5, 0.6) is 0 Å². The van der Waals surface area contributed by atoms with Crippen molar-refractivity contribution in [1.82, 2.24) is 4.90 Å². The van der Waals surface area contributed by atoms with Gasteiger partial charge in [0.15, 0.2) is 0 Å². The van der Waals surface area contributed by atoms with E-state index in [1.807, 2.05) is 4.90 Å². The van der Waals surface area contributed by atoms with Gasteiger partial charge < -0.3 is 4.90 Å². The van der Waals surface area contributed by atoms with E-state index in [2.05, 4.69) is 20.4 Å². The first kappa shape index (κ1) is 14.2. The Morgan fingerprint density at radius 2 is 1.53 bits per heavy atom. The van der Waals surface area contributed by atoms with E-state index < -0.39 is 0 Å². The summed E-state index contributed by atoms with van der Waals surface area (Å²) in [5.74, 6) is 0.0854. The maximum Gasteiger partial charge on any atom is 0.245 e. The first-order valence-electron chi connectivity index (χ1n) is 6.17. The molecule has 1 amide bonds. The fraction of sp³-hybridized carbons (Fsp3) is 0.769. The third-order valence-corrected chi connectivity index (χ3v) is 2.55. The van der Waals surface area contributed by atoms with Gasteiger partial charge in [-0.25, -0.2) is 0 Å². The van der Waals surface area contributed by atoms with Crippen LogP contribution in [0, 0.1) is 0 Å². The van der Waals surface area contributed by atoms with Crippen LogP contribution >= 0.6 is 0 Å². The highest BCUT2D eigenvalue weighted by Gasteiger charge is 2.08. The summed E-state index contributed by atoms with van der Waals surface area (Å²) in [6.07, 6.45) is 8.46. The van der Waals surface area contributed by atoms with Gasteiger partial charge in [-0.15, -0.1) is 0 Å². The van der Waals surface area contributed by atoms with Gasteiger partial charge in [0.2, 0.25) is 5.91 Å². The summed E-state index contributed by atoms with van der Waals surface area (Å²) in [5, 5.41) is 0. The van der Waals surface area contributed by atoms with Gasteiger partial charge in [0.05, 0.1) is 0 Å². The number of amides is 1. The highest BCUT2D eigenvalue weighted by molar-refractivity contribution is 5.86. The van der Waals surface area contributed by atoms with Crippen molar-refractivity contribution >= 4 is 5.91 Å². The molecule has 0 aliphatic rings. The molecule has 0 aromatic rings. The maximum absolute atomic E-state index is 11.5. The third-order valence-electron chi connectivity index (χ3n) is 2.55. The highest BCUT2D eigenvalue weighted by Crippen LogP contribution is 2.03. The second kappa shape index (κ2) is 9.75. The lowest BCUT2D eigenvalue weighted by atomic mass is 10.2. The van der Waals surface area contributed by atoms with Crippen LogP contribution in [0.1, 0.15) is 52.4 Å². The molecule has 0 spiro atoms. The number of carbonyl (C=O) groups excluding carboxylic acids is 1. The average Bonchev–Trinajstić information content (AvgIpc) is 2.26. The van der Waals surface area contributed by atoms with Crippen LogP contribution in [0.2, 0.25) is 0 Å². The second-order valence-corrected chi connectivity index (χ2v) is 3.94. The van der Waals surface area contributed by atoms with Crippen molar-refractivity contribution < 1.29 is 4.79 Å². The van der Waals surface area contributed by atoms with E-state index in [-0.39, 0.29) is 5.91 Å². The minimum atomic E-state index is 0.0854. The van der Waals surface area contributed by atoms with E-state index in [9.17, 15) is 4.79 Å². The summed E-state index contributed by atoms with van der Waals surface area (Å²) < 4.78 is 0. The zero-order valence-corrected chi connectivity index (χ0v) is 10.3. The predicted octanol–water partition coefficient (Wildman–Crippen LogP) is 3.38. The zero-order chi connectivity index (χ0) is 11.5. The quantitative estimate of drug-likeness (QED) is 0.423. The summed E-state index contributed by atoms with van der Waals surface area (Å²) in [4.78, 5) is 13.4. The molecule has 0 radical (unpaired) electrons. The Labute approximate surface area is 94.4 Å². The minimum absolute atomic E-state index is 0.0854. The molecule has 0 N–H and O–H groups in total. The van der Waals surface area contributed by atoms with Crippen LogP contribution < -0.4 is 0 Å². The SMILES string of the molecule is C=CC(=O)N(CCCCC)CCCCC. The minimum Gasteiger partial charge on any atom is -0.339 e. The molecule has 0 atom stereocenters. The van der Waals surface area contributed by atoms with Crippen LogP contribution in [-0.4, -0.2) is 23.9 Å². The van der Waals surface area contributed by atoms with Gasteiger partial charge >= 0.3 is 0 Å². The van der Waals surface area contributed by atoms with Crippen LogP contribution in [0.4, 0.5) is 0 Å². The van der Waals surface area contributed by atoms with Crippen molar-refractivity contribution in [2.45, 2.75) is 52.4 Å². The van der Waals surface area contributed by atoms with E-state index >= 15 is 0 Å². The van der Waals surface area contributed by atoms with Crippen molar-refractivity contribution in [2.75, 3.05) is 13.1 Å². The van der Waals surface area contributed by atoms with Gasteiger partial charge in [-0.1, -0.05) is 46.1 Å². The monoisotopic (exact) mass is 211 g/mol. The lowest BCUT2D eigenvalue weighted by Gasteiger charge is -2.20. The summed E-state index contributed by atoms with van der Waals surface area (Å²) in [6, 6.07) is 0. The predicted molar refractivity (Wildman–Crippen MR) is 65.8 cm³/mol. The zero-order valence-electron chi connectivity index (χ0n) is 10.3. The Balaban J connectivity index is 3.84. The fourth-order valence-corrected chi connectivity index (χ4v) is 1.57. The number of hydrogen-bond donors (Lipinski definition) is 0. The topological polar surface area (TPSA) is 20.3 Å². The molecular weight excluding hydrogens is 186 g/mol. The van der Waals surface area contributed by atoms with Gasteiger partial charge in [0.25, 0.3) is 0 Å². The lowest BCUT2D eigenvalue weighted by molar-refractivity contribution is -0.126. The molecule has 0 aliphatic carbocycles. The van der Waals surface area contributed by atoms with Crippen LogP contribution in [-0.2, 0) is 4.79 Å². The summed E-state index contributed by atoms with van der Waals surface area (Å²) in [6.45, 7) is 9.68. The number of unbranched alkanes of at least 4 members (excludes halogenated alkanes) is 4. The van der Waals surface area contributed by atoms with E-state index in [1.54, 1.807) is 0 Å². The third kappa shape index (κ3) is 7.18. The van der Waals surface area contributed by atoms with Crippen molar-refractivity contribution in [1.29, 1.82) is 0 Å². The largest absolute Gasteiger partial charge is 0.339 e. The molecule has 88 valence electrons. The number of carbonyl (C=O) groups is 1. The van der Waals surface area contributed by atoms with Gasteiger partial charge in [-0.05, 0) is 18.9 Å². The molecular formula is C13H25NO. The number of hydrogen-bond acceptors (Lipinski definition) is 1. The molecule has 0 heterocycles. The first-order valence-corrected chi connectivity index (χ1v) is 6.17. The van der Waals surface area contributed by atoms with Crippen molar-refractivity contribution in [2.24, 2.45) is 0 Å². The summed E-state index contributed by atoms with van der Waals surface area (Å²) in [5.41, 5.74) is 0. The van der Waals surface area contributed by atoms with Crippen LogP contribution in [0.15, 0.2) is 12.7 Å².